The average Bonchev–Trinajstić information content (AvgIpc) is 3.20. The van der Waals surface area contributed by atoms with Crippen LogP contribution in [0.15, 0.2) is 11.1 Å². The fourth-order valence-corrected chi connectivity index (χ4v) is 7.28. The Morgan fingerprint density at radius 1 is 1.04 bits per heavy atom. The molecular weight excluding hydrogens is 310 g/mol. The minimum atomic E-state index is -0.181. The first kappa shape index (κ1) is 16.5. The van der Waals surface area contributed by atoms with Gasteiger partial charge in [0.25, 0.3) is 0 Å². The van der Waals surface area contributed by atoms with E-state index in [1.807, 2.05) is 0 Å². The van der Waals surface area contributed by atoms with Crippen LogP contribution in [0.3, 0.4) is 0 Å². The van der Waals surface area contributed by atoms with Gasteiger partial charge in [0.05, 0.1) is 6.10 Å². The van der Waals surface area contributed by atoms with Crippen molar-refractivity contribution in [2.24, 2.45) is 35.5 Å². The first-order valence-electron chi connectivity index (χ1n) is 10.5. The molecular formula is C22H33NO2. The van der Waals surface area contributed by atoms with Crippen molar-refractivity contribution in [3.63, 3.8) is 0 Å². The van der Waals surface area contributed by atoms with E-state index in [0.29, 0.717) is 29.6 Å². The Bertz CT molecular complexity index is 636. The number of hydrogen-bond donors (Lipinski definition) is 1. The third-order valence-electron chi connectivity index (χ3n) is 8.47. The molecule has 3 nitrogen and oxygen atoms in total. The maximum Gasteiger partial charge on any atom is 0.166 e. The van der Waals surface area contributed by atoms with Gasteiger partial charge in [0.2, 0.25) is 0 Å². The van der Waals surface area contributed by atoms with Crippen molar-refractivity contribution >= 4 is 5.78 Å². The lowest BCUT2D eigenvalue weighted by atomic mass is 9.70. The van der Waals surface area contributed by atoms with Gasteiger partial charge in [-0.15, -0.1) is 0 Å². The van der Waals surface area contributed by atoms with Crippen molar-refractivity contribution in [1.82, 2.24) is 5.32 Å². The van der Waals surface area contributed by atoms with E-state index in [1.54, 1.807) is 0 Å². The lowest BCUT2D eigenvalue weighted by Crippen LogP contribution is -2.63. The van der Waals surface area contributed by atoms with Crippen LogP contribution in [0, 0.1) is 35.5 Å². The molecule has 4 fully saturated rings. The zero-order valence-electron chi connectivity index (χ0n) is 16.2. The fraction of sp³-hybridized carbons (Fsp3) is 0.864. The summed E-state index contributed by atoms with van der Waals surface area (Å²) in [5.41, 5.74) is 2.41. The Hall–Kier alpha value is -0.670. The van der Waals surface area contributed by atoms with E-state index in [0.717, 1.165) is 23.8 Å². The van der Waals surface area contributed by atoms with Crippen LogP contribution < -0.4 is 5.32 Å². The number of carbonyl (C=O) groups is 1. The summed E-state index contributed by atoms with van der Waals surface area (Å²) in [6.07, 6.45) is 7.69. The molecule has 0 aromatic rings. The van der Waals surface area contributed by atoms with Gasteiger partial charge in [-0.25, -0.2) is 0 Å². The maximum atomic E-state index is 13.3. The molecule has 2 bridgehead atoms. The predicted molar refractivity (Wildman–Crippen MR) is 97.9 cm³/mol. The Morgan fingerprint density at radius 2 is 1.76 bits per heavy atom. The molecule has 0 radical (unpaired) electrons. The number of nitrogens with one attached hydrogen (secondary N) is 1. The third-order valence-corrected chi connectivity index (χ3v) is 8.47. The lowest BCUT2D eigenvalue weighted by molar-refractivity contribution is -0.146. The molecule has 3 heteroatoms. The number of hydrogen-bond acceptors (Lipinski definition) is 3. The van der Waals surface area contributed by atoms with Gasteiger partial charge in [-0.2, -0.15) is 0 Å². The number of Topliss-reactive ketones (excluding diaryl/α,β-unsaturated/α-hetero) is 1. The summed E-state index contributed by atoms with van der Waals surface area (Å²) in [6, 6.07) is 0. The normalized spacial score (nSPS) is 51.0. The summed E-state index contributed by atoms with van der Waals surface area (Å²) in [5, 5.41) is 3.75. The van der Waals surface area contributed by atoms with Gasteiger partial charge < -0.3 is 4.74 Å². The Labute approximate surface area is 152 Å². The molecule has 1 saturated heterocycles. The van der Waals surface area contributed by atoms with Crippen LogP contribution in [-0.2, 0) is 9.53 Å². The van der Waals surface area contributed by atoms with Gasteiger partial charge in [0, 0.05) is 22.9 Å². The molecule has 1 heterocycles. The fourth-order valence-electron chi connectivity index (χ4n) is 7.28. The van der Waals surface area contributed by atoms with Crippen LogP contribution in [-0.4, -0.2) is 23.7 Å². The molecule has 0 aromatic heterocycles. The minimum absolute atomic E-state index is 0.0396. The Balaban J connectivity index is 1.46. The molecule has 0 aromatic carbocycles. The summed E-state index contributed by atoms with van der Waals surface area (Å²) >= 11 is 0. The number of ether oxygens (including phenoxy) is 1. The van der Waals surface area contributed by atoms with E-state index in [4.69, 9.17) is 4.74 Å². The summed E-state index contributed by atoms with van der Waals surface area (Å²) < 4.78 is 6.59. The average molecular weight is 344 g/mol. The molecule has 4 aliphatic carbocycles. The summed E-state index contributed by atoms with van der Waals surface area (Å²) in [4.78, 5) is 13.3. The van der Waals surface area contributed by atoms with Crippen molar-refractivity contribution in [2.45, 2.75) is 84.1 Å². The van der Waals surface area contributed by atoms with Gasteiger partial charge in [-0.05, 0) is 76.5 Å². The predicted octanol–water partition coefficient (Wildman–Crippen LogP) is 4.08. The molecule has 1 N–H and O–H groups in total. The Morgan fingerprint density at radius 3 is 2.48 bits per heavy atom. The standard InChI is InChI=1S/C22H33NO2/c1-11-5-8-15-16(9-11)25-21(23-22(15,3)4)18-12(2)17-13-6-7-14(10-13)19(17)20(18)24/h11,13-17,19,21,23H,5-10H2,1-4H3/t11-,13-,14+,15-,16-,17+,19-,21+/m1/s1. The summed E-state index contributed by atoms with van der Waals surface area (Å²) in [6.45, 7) is 9.20. The van der Waals surface area contributed by atoms with Gasteiger partial charge in [0.1, 0.15) is 6.23 Å². The van der Waals surface area contributed by atoms with E-state index < -0.39 is 0 Å². The molecule has 1 aliphatic heterocycles. The second kappa shape index (κ2) is 5.42. The topological polar surface area (TPSA) is 38.3 Å². The smallest absolute Gasteiger partial charge is 0.166 e. The molecule has 5 aliphatic rings. The molecule has 8 atom stereocenters. The number of fused-ring (bicyclic) bond motifs is 6. The number of allylic oxidation sites excluding steroid dienone is 1. The van der Waals surface area contributed by atoms with Crippen molar-refractivity contribution in [1.29, 1.82) is 0 Å². The lowest BCUT2D eigenvalue weighted by Gasteiger charge is -2.51. The zero-order chi connectivity index (χ0) is 17.5. The quantitative estimate of drug-likeness (QED) is 0.780. The molecule has 3 saturated carbocycles. The summed E-state index contributed by atoms with van der Waals surface area (Å²) in [5.74, 6) is 3.94. The highest BCUT2D eigenvalue weighted by Gasteiger charge is 2.58. The minimum Gasteiger partial charge on any atom is -0.355 e. The first-order valence-corrected chi connectivity index (χ1v) is 10.5. The molecule has 0 unspecified atom stereocenters. The van der Waals surface area contributed by atoms with Crippen LogP contribution in [0.25, 0.3) is 0 Å². The van der Waals surface area contributed by atoms with Gasteiger partial charge in [0.15, 0.2) is 5.78 Å². The zero-order valence-corrected chi connectivity index (χ0v) is 16.2. The van der Waals surface area contributed by atoms with Crippen LogP contribution in [0.1, 0.15) is 66.2 Å². The van der Waals surface area contributed by atoms with Crippen LogP contribution >= 0.6 is 0 Å². The highest BCUT2D eigenvalue weighted by atomic mass is 16.5. The second-order valence-electron chi connectivity index (χ2n) is 10.3. The van der Waals surface area contributed by atoms with E-state index in [1.165, 1.54) is 37.7 Å². The van der Waals surface area contributed by atoms with Crippen LogP contribution in [0.4, 0.5) is 0 Å². The van der Waals surface area contributed by atoms with Crippen molar-refractivity contribution in [3.8, 4) is 0 Å². The summed E-state index contributed by atoms with van der Waals surface area (Å²) in [7, 11) is 0. The van der Waals surface area contributed by atoms with Crippen molar-refractivity contribution in [3.05, 3.63) is 11.1 Å². The molecule has 5 rings (SSSR count). The maximum absolute atomic E-state index is 13.3. The number of rotatable bonds is 1. The second-order valence-corrected chi connectivity index (χ2v) is 10.3. The van der Waals surface area contributed by atoms with Crippen LogP contribution in [0.5, 0.6) is 0 Å². The van der Waals surface area contributed by atoms with E-state index in [-0.39, 0.29) is 17.7 Å². The van der Waals surface area contributed by atoms with Crippen molar-refractivity contribution < 1.29 is 9.53 Å². The number of ketones is 1. The molecule has 0 amide bonds. The molecule has 0 spiro atoms. The van der Waals surface area contributed by atoms with Gasteiger partial charge >= 0.3 is 0 Å². The van der Waals surface area contributed by atoms with E-state index in [9.17, 15) is 4.79 Å². The first-order chi connectivity index (χ1) is 11.9. The van der Waals surface area contributed by atoms with E-state index in [2.05, 4.69) is 33.0 Å². The van der Waals surface area contributed by atoms with Gasteiger partial charge in [-0.3, -0.25) is 10.1 Å². The molecule has 138 valence electrons. The van der Waals surface area contributed by atoms with Crippen LogP contribution in [0.2, 0.25) is 0 Å². The highest BCUT2D eigenvalue weighted by Crippen LogP contribution is 2.59. The van der Waals surface area contributed by atoms with Gasteiger partial charge in [-0.1, -0.05) is 18.9 Å². The third kappa shape index (κ3) is 2.27. The monoisotopic (exact) mass is 343 g/mol. The largest absolute Gasteiger partial charge is 0.355 e. The SMILES string of the molecule is CC1=C([C@H]2NC(C)(C)[C@@H]3CC[C@@H](C)C[C@H]3O2)C(=O)[C@@H]2[C@H]3CC[C@H](C3)[C@H]12. The number of carbonyl (C=O) groups excluding carboxylic acids is 1. The molecule has 25 heavy (non-hydrogen) atoms. The Kier molecular flexibility index (Phi) is 3.58. The highest BCUT2D eigenvalue weighted by molar-refractivity contribution is 6.02. The van der Waals surface area contributed by atoms with Crippen molar-refractivity contribution in [2.75, 3.05) is 0 Å². The van der Waals surface area contributed by atoms with E-state index >= 15 is 0 Å².